The van der Waals surface area contributed by atoms with Crippen molar-refractivity contribution in [3.63, 3.8) is 0 Å². The predicted octanol–water partition coefficient (Wildman–Crippen LogP) is 3.01. The molecule has 1 atom stereocenters. The number of aryl methyl sites for hydroxylation is 1. The van der Waals surface area contributed by atoms with Crippen molar-refractivity contribution in [2.45, 2.75) is 40.1 Å². The summed E-state index contributed by atoms with van der Waals surface area (Å²) in [6.07, 6.45) is 0.0629. The van der Waals surface area contributed by atoms with Crippen LogP contribution in [0.1, 0.15) is 30.5 Å². The van der Waals surface area contributed by atoms with Crippen molar-refractivity contribution in [2.24, 2.45) is 0 Å². The van der Waals surface area contributed by atoms with Crippen LogP contribution in [-0.4, -0.2) is 31.3 Å². The molecule has 0 radical (unpaired) electrons. The Morgan fingerprint density at radius 1 is 1.08 bits per heavy atom. The van der Waals surface area contributed by atoms with Gasteiger partial charge in [-0.3, -0.25) is 0 Å². The second-order valence-corrected chi connectivity index (χ2v) is 6.39. The fraction of sp³-hybridized carbons (Fsp3) is 0.400. The van der Waals surface area contributed by atoms with Gasteiger partial charge in [0.2, 0.25) is 0 Å². The SMILES string of the molecule is C=C(C)C(=O)OCc1cc(C)cc(COC(=O)C(=C)C)c1OCC1CO1. The van der Waals surface area contributed by atoms with Crippen LogP contribution in [0.25, 0.3) is 0 Å². The normalized spacial score (nSPS) is 15.1. The number of epoxide rings is 1. The van der Waals surface area contributed by atoms with E-state index < -0.39 is 11.9 Å². The summed E-state index contributed by atoms with van der Waals surface area (Å²) in [6.45, 7) is 13.3. The molecule has 1 saturated heterocycles. The Morgan fingerprint density at radius 3 is 1.92 bits per heavy atom. The van der Waals surface area contributed by atoms with Crippen LogP contribution in [0, 0.1) is 6.92 Å². The van der Waals surface area contributed by atoms with E-state index in [1.54, 1.807) is 13.8 Å². The summed E-state index contributed by atoms with van der Waals surface area (Å²) in [6, 6.07) is 3.75. The van der Waals surface area contributed by atoms with E-state index in [0.29, 0.717) is 41.2 Å². The van der Waals surface area contributed by atoms with Crippen molar-refractivity contribution in [1.82, 2.24) is 0 Å². The molecule has 26 heavy (non-hydrogen) atoms. The topological polar surface area (TPSA) is 74.4 Å². The van der Waals surface area contributed by atoms with Gasteiger partial charge in [0, 0.05) is 22.3 Å². The lowest BCUT2D eigenvalue weighted by Crippen LogP contribution is -2.12. The quantitative estimate of drug-likeness (QED) is 0.383. The summed E-state index contributed by atoms with van der Waals surface area (Å²) in [5.74, 6) is -0.411. The maximum Gasteiger partial charge on any atom is 0.333 e. The van der Waals surface area contributed by atoms with E-state index in [4.69, 9.17) is 18.9 Å². The minimum absolute atomic E-state index is 0.0374. The van der Waals surface area contributed by atoms with E-state index in [1.165, 1.54) is 0 Å². The lowest BCUT2D eigenvalue weighted by Gasteiger charge is -2.17. The molecule has 0 aliphatic carbocycles. The molecular formula is C20H24O6. The number of benzene rings is 1. The molecule has 1 aromatic carbocycles. The molecule has 6 nitrogen and oxygen atoms in total. The maximum atomic E-state index is 11.7. The van der Waals surface area contributed by atoms with E-state index >= 15 is 0 Å². The van der Waals surface area contributed by atoms with Crippen molar-refractivity contribution >= 4 is 11.9 Å². The van der Waals surface area contributed by atoms with E-state index in [1.807, 2.05) is 19.1 Å². The van der Waals surface area contributed by atoms with Crippen LogP contribution in [-0.2, 0) is 37.0 Å². The third kappa shape index (κ3) is 5.74. The molecule has 0 N–H and O–H groups in total. The summed E-state index contributed by atoms with van der Waals surface area (Å²) in [5, 5.41) is 0. The Balaban J connectivity index is 2.22. The molecule has 1 unspecified atom stereocenters. The van der Waals surface area contributed by atoms with Gasteiger partial charge in [-0.2, -0.15) is 0 Å². The van der Waals surface area contributed by atoms with Gasteiger partial charge in [0.05, 0.1) is 6.61 Å². The van der Waals surface area contributed by atoms with Gasteiger partial charge in [-0.1, -0.05) is 18.7 Å². The predicted molar refractivity (Wildman–Crippen MR) is 95.6 cm³/mol. The van der Waals surface area contributed by atoms with Crippen molar-refractivity contribution in [1.29, 1.82) is 0 Å². The highest BCUT2D eigenvalue weighted by atomic mass is 16.6. The Hall–Kier alpha value is -2.60. The van der Waals surface area contributed by atoms with Crippen molar-refractivity contribution in [2.75, 3.05) is 13.2 Å². The Kier molecular flexibility index (Phi) is 6.58. The monoisotopic (exact) mass is 360 g/mol. The molecule has 1 aromatic rings. The minimum Gasteiger partial charge on any atom is -0.490 e. The second-order valence-electron chi connectivity index (χ2n) is 6.39. The second kappa shape index (κ2) is 8.67. The zero-order valence-corrected chi connectivity index (χ0v) is 15.4. The first-order chi connectivity index (χ1) is 12.3. The average Bonchev–Trinajstić information content (AvgIpc) is 3.40. The molecule has 0 spiro atoms. The van der Waals surface area contributed by atoms with Gasteiger partial charge in [-0.25, -0.2) is 9.59 Å². The molecule has 0 aromatic heterocycles. The Morgan fingerprint density at radius 2 is 1.54 bits per heavy atom. The van der Waals surface area contributed by atoms with Gasteiger partial charge in [-0.15, -0.1) is 0 Å². The first-order valence-corrected chi connectivity index (χ1v) is 8.30. The lowest BCUT2D eigenvalue weighted by molar-refractivity contribution is -0.140. The molecular weight excluding hydrogens is 336 g/mol. The molecule has 1 heterocycles. The van der Waals surface area contributed by atoms with Crippen molar-refractivity contribution in [3.05, 3.63) is 53.1 Å². The lowest BCUT2D eigenvalue weighted by atomic mass is 10.1. The van der Waals surface area contributed by atoms with Crippen LogP contribution < -0.4 is 4.74 Å². The number of hydrogen-bond acceptors (Lipinski definition) is 6. The van der Waals surface area contributed by atoms with Gasteiger partial charge in [0.1, 0.15) is 31.7 Å². The van der Waals surface area contributed by atoms with Crippen molar-refractivity contribution in [3.8, 4) is 5.75 Å². The summed E-state index contributed by atoms with van der Waals surface area (Å²) in [7, 11) is 0. The molecule has 0 saturated carbocycles. The number of carbonyl (C=O) groups excluding carboxylic acids is 2. The smallest absolute Gasteiger partial charge is 0.333 e. The molecule has 1 fully saturated rings. The first-order valence-electron chi connectivity index (χ1n) is 8.30. The van der Waals surface area contributed by atoms with E-state index in [0.717, 1.165) is 5.56 Å². The Labute approximate surface area is 153 Å². The van der Waals surface area contributed by atoms with Crippen LogP contribution >= 0.6 is 0 Å². The molecule has 0 amide bonds. The fourth-order valence-electron chi connectivity index (χ4n) is 2.20. The standard InChI is InChI=1S/C20H24O6/c1-12(2)19(21)25-8-15-6-14(5)7-16(9-26-20(22)13(3)4)18(15)24-11-17-10-23-17/h6-7,17H,1,3,8-11H2,2,4-5H3. The summed E-state index contributed by atoms with van der Waals surface area (Å²) >= 11 is 0. The van der Waals surface area contributed by atoms with Crippen LogP contribution in [0.5, 0.6) is 5.75 Å². The Bertz CT molecular complexity index is 679. The largest absolute Gasteiger partial charge is 0.490 e. The molecule has 0 bridgehead atoms. The number of rotatable bonds is 9. The average molecular weight is 360 g/mol. The highest BCUT2D eigenvalue weighted by Gasteiger charge is 2.25. The van der Waals surface area contributed by atoms with Crippen LogP contribution in [0.15, 0.2) is 36.4 Å². The van der Waals surface area contributed by atoms with Gasteiger partial charge in [0.15, 0.2) is 0 Å². The zero-order valence-electron chi connectivity index (χ0n) is 15.4. The van der Waals surface area contributed by atoms with E-state index in [2.05, 4.69) is 13.2 Å². The fourth-order valence-corrected chi connectivity index (χ4v) is 2.20. The number of hydrogen-bond donors (Lipinski definition) is 0. The third-order valence-corrected chi connectivity index (χ3v) is 3.62. The van der Waals surface area contributed by atoms with Gasteiger partial charge >= 0.3 is 11.9 Å². The van der Waals surface area contributed by atoms with E-state index in [-0.39, 0.29) is 19.3 Å². The van der Waals surface area contributed by atoms with Crippen molar-refractivity contribution < 1.29 is 28.5 Å². The number of carbonyl (C=O) groups is 2. The summed E-state index contributed by atoms with van der Waals surface area (Å²) in [5.41, 5.74) is 2.97. The molecule has 1 aliphatic rings. The minimum atomic E-state index is -0.474. The van der Waals surface area contributed by atoms with Gasteiger partial charge in [0.25, 0.3) is 0 Å². The highest BCUT2D eigenvalue weighted by Crippen LogP contribution is 2.29. The summed E-state index contributed by atoms with van der Waals surface area (Å²) in [4.78, 5) is 23.4. The number of esters is 2. The third-order valence-electron chi connectivity index (χ3n) is 3.62. The molecule has 1 aliphatic heterocycles. The van der Waals surface area contributed by atoms with Gasteiger partial charge < -0.3 is 18.9 Å². The molecule has 140 valence electrons. The van der Waals surface area contributed by atoms with E-state index in [9.17, 15) is 9.59 Å². The maximum absolute atomic E-state index is 11.7. The van der Waals surface area contributed by atoms with Crippen LogP contribution in [0.2, 0.25) is 0 Å². The molecule has 2 rings (SSSR count). The molecule has 6 heteroatoms. The highest BCUT2D eigenvalue weighted by molar-refractivity contribution is 5.87. The number of ether oxygens (including phenoxy) is 4. The van der Waals surface area contributed by atoms with Crippen LogP contribution in [0.3, 0.4) is 0 Å². The zero-order chi connectivity index (χ0) is 19.3. The van der Waals surface area contributed by atoms with Crippen LogP contribution in [0.4, 0.5) is 0 Å². The van der Waals surface area contributed by atoms with Gasteiger partial charge in [-0.05, 0) is 32.9 Å². The summed E-state index contributed by atoms with van der Waals surface area (Å²) < 4.78 is 21.6. The first kappa shape index (κ1) is 19.7.